The summed E-state index contributed by atoms with van der Waals surface area (Å²) in [6, 6.07) is 22.5. The molecule has 0 heterocycles. The van der Waals surface area contributed by atoms with Crippen LogP contribution in [0.1, 0.15) is 55.5 Å². The molecular weight excluding hydrogens is 647 g/mol. The average Bonchev–Trinajstić information content (AvgIpc) is 3.04. The lowest BCUT2D eigenvalue weighted by Crippen LogP contribution is -2.57. The highest BCUT2D eigenvalue weighted by Crippen LogP contribution is 2.17. The lowest BCUT2D eigenvalue weighted by atomic mass is 10.2. The number of ether oxygens (including phenoxy) is 2. The molecule has 3 aromatic carbocycles. The first kappa shape index (κ1) is 38.5. The van der Waals surface area contributed by atoms with Crippen LogP contribution >= 0.6 is 23.5 Å². The van der Waals surface area contributed by atoms with E-state index in [2.05, 4.69) is 16.0 Å². The van der Waals surface area contributed by atoms with E-state index in [0.29, 0.717) is 11.5 Å². The molecule has 0 radical (unpaired) electrons. The van der Waals surface area contributed by atoms with Gasteiger partial charge in [0.15, 0.2) is 0 Å². The number of hydrogen-bond acceptors (Lipinski definition) is 8. The molecule has 9 nitrogen and oxygen atoms in total. The predicted molar refractivity (Wildman–Crippen MR) is 194 cm³/mol. The van der Waals surface area contributed by atoms with Crippen LogP contribution in [0.3, 0.4) is 0 Å². The number of alkyl carbamates (subject to hydrolysis) is 1. The zero-order chi connectivity index (χ0) is 35.1. The Hall–Kier alpha value is -3.96. The van der Waals surface area contributed by atoms with Crippen LogP contribution in [-0.4, -0.2) is 59.1 Å². The smallest absolute Gasteiger partial charge is 0.408 e. The van der Waals surface area contributed by atoms with Gasteiger partial charge in [-0.1, -0.05) is 90.0 Å². The molecule has 3 rings (SSSR count). The van der Waals surface area contributed by atoms with Gasteiger partial charge in [0.05, 0.1) is 0 Å². The highest BCUT2D eigenvalue weighted by molar-refractivity contribution is 7.98. The van der Waals surface area contributed by atoms with Crippen molar-refractivity contribution < 1.29 is 28.7 Å². The van der Waals surface area contributed by atoms with E-state index in [-0.39, 0.29) is 18.1 Å². The Morgan fingerprint density at radius 2 is 1.15 bits per heavy atom. The second kappa shape index (κ2) is 19.1. The van der Waals surface area contributed by atoms with Crippen molar-refractivity contribution in [1.29, 1.82) is 0 Å². The van der Waals surface area contributed by atoms with E-state index in [1.54, 1.807) is 20.8 Å². The number of thioether (sulfide) groups is 2. The fourth-order valence-corrected chi connectivity index (χ4v) is 6.31. The van der Waals surface area contributed by atoms with Crippen molar-refractivity contribution in [3.8, 4) is 0 Å². The summed E-state index contributed by atoms with van der Waals surface area (Å²) < 4.78 is 10.8. The van der Waals surface area contributed by atoms with Crippen LogP contribution < -0.4 is 16.0 Å². The van der Waals surface area contributed by atoms with Gasteiger partial charge in [0.2, 0.25) is 11.8 Å². The average molecular weight is 694 g/mol. The van der Waals surface area contributed by atoms with Crippen molar-refractivity contribution in [2.75, 3.05) is 11.5 Å². The molecule has 258 valence electrons. The normalized spacial score (nSPS) is 13.0. The van der Waals surface area contributed by atoms with Crippen molar-refractivity contribution in [3.05, 3.63) is 107 Å². The summed E-state index contributed by atoms with van der Waals surface area (Å²) in [6.45, 7) is 10.9. The van der Waals surface area contributed by atoms with Gasteiger partial charge in [0.25, 0.3) is 0 Å². The number of aryl methyl sites for hydroxylation is 2. The Kier molecular flexibility index (Phi) is 15.3. The monoisotopic (exact) mass is 693 g/mol. The lowest BCUT2D eigenvalue weighted by molar-refractivity contribution is -0.148. The highest BCUT2D eigenvalue weighted by Gasteiger charge is 2.30. The van der Waals surface area contributed by atoms with Crippen LogP contribution in [0.4, 0.5) is 4.79 Å². The van der Waals surface area contributed by atoms with Gasteiger partial charge in [-0.3, -0.25) is 9.59 Å². The largest absolute Gasteiger partial charge is 0.459 e. The molecule has 3 aromatic rings. The molecule has 0 aliphatic heterocycles. The van der Waals surface area contributed by atoms with E-state index in [1.165, 1.54) is 30.4 Å². The number of esters is 1. The van der Waals surface area contributed by atoms with Crippen LogP contribution in [0.25, 0.3) is 0 Å². The SMILES string of the molecule is Cc1ccc(CSC[C@H](NC(=O)OC(C)(C)C)C(=O)N[C@@H](CSCc2ccc(C)cc2)C(=O)N[C@@H](C)C(=O)OCc2ccccc2)cc1. The summed E-state index contributed by atoms with van der Waals surface area (Å²) >= 11 is 2.95. The van der Waals surface area contributed by atoms with Gasteiger partial charge < -0.3 is 25.4 Å². The number of carbonyl (C=O) groups is 4. The van der Waals surface area contributed by atoms with E-state index >= 15 is 0 Å². The summed E-state index contributed by atoms with van der Waals surface area (Å²) in [7, 11) is 0. The maximum Gasteiger partial charge on any atom is 0.408 e. The van der Waals surface area contributed by atoms with Gasteiger partial charge in [-0.05, 0) is 58.2 Å². The zero-order valence-corrected chi connectivity index (χ0v) is 30.2. The molecule has 0 fully saturated rings. The maximum absolute atomic E-state index is 13.7. The molecule has 0 aromatic heterocycles. The van der Waals surface area contributed by atoms with Gasteiger partial charge >= 0.3 is 12.1 Å². The van der Waals surface area contributed by atoms with Crippen molar-refractivity contribution in [2.45, 2.75) is 83.4 Å². The number of benzene rings is 3. The van der Waals surface area contributed by atoms with Crippen molar-refractivity contribution >= 4 is 47.4 Å². The summed E-state index contributed by atoms with van der Waals surface area (Å²) in [5, 5.41) is 8.21. The Bertz CT molecular complexity index is 1480. The van der Waals surface area contributed by atoms with Crippen LogP contribution in [-0.2, 0) is 42.0 Å². The molecule has 0 aliphatic rings. The maximum atomic E-state index is 13.7. The first-order valence-electron chi connectivity index (χ1n) is 15.9. The van der Waals surface area contributed by atoms with E-state index in [9.17, 15) is 19.2 Å². The van der Waals surface area contributed by atoms with Crippen LogP contribution in [0.15, 0.2) is 78.9 Å². The molecule has 0 saturated carbocycles. The van der Waals surface area contributed by atoms with Gasteiger partial charge in [-0.25, -0.2) is 9.59 Å². The molecule has 0 unspecified atom stereocenters. The zero-order valence-electron chi connectivity index (χ0n) is 28.5. The fourth-order valence-electron chi connectivity index (χ4n) is 4.27. The number of nitrogens with one attached hydrogen (secondary N) is 3. The summed E-state index contributed by atoms with van der Waals surface area (Å²) in [6.07, 6.45) is -0.733. The van der Waals surface area contributed by atoms with Gasteiger partial charge in [0.1, 0.15) is 30.3 Å². The first-order valence-corrected chi connectivity index (χ1v) is 18.2. The molecule has 3 N–H and O–H groups in total. The lowest BCUT2D eigenvalue weighted by Gasteiger charge is -2.25. The van der Waals surface area contributed by atoms with E-state index in [4.69, 9.17) is 9.47 Å². The quantitative estimate of drug-likeness (QED) is 0.154. The Morgan fingerprint density at radius 3 is 1.65 bits per heavy atom. The standard InChI is InChI=1S/C37H47N3O6S2/c1-25-12-16-29(17-13-25)21-47-23-31(33(41)38-27(3)35(43)45-20-28-10-8-7-9-11-28)39-34(42)32(40-36(44)46-37(4,5)6)24-48-22-30-18-14-26(2)15-19-30/h7-19,27,31-32H,20-24H2,1-6H3,(H,38,41)(H,39,42)(H,40,44)/t27-,31-,32-/m0/s1. The van der Waals surface area contributed by atoms with Gasteiger partial charge in [-0.15, -0.1) is 0 Å². The molecule has 3 atom stereocenters. The van der Waals surface area contributed by atoms with Crippen LogP contribution in [0.5, 0.6) is 0 Å². The molecule has 0 bridgehead atoms. The summed E-state index contributed by atoms with van der Waals surface area (Å²) in [4.78, 5) is 52.7. The minimum absolute atomic E-state index is 0.0741. The third kappa shape index (κ3) is 14.4. The van der Waals surface area contributed by atoms with Crippen LogP contribution in [0.2, 0.25) is 0 Å². The highest BCUT2D eigenvalue weighted by atomic mass is 32.2. The van der Waals surface area contributed by atoms with E-state index in [1.807, 2.05) is 92.7 Å². The molecule has 0 saturated heterocycles. The Morgan fingerprint density at radius 1 is 0.667 bits per heavy atom. The molecule has 48 heavy (non-hydrogen) atoms. The molecule has 3 amide bonds. The number of rotatable bonds is 16. The topological polar surface area (TPSA) is 123 Å². The molecule has 11 heteroatoms. The first-order chi connectivity index (χ1) is 22.8. The fraction of sp³-hybridized carbons (Fsp3) is 0.405. The van der Waals surface area contributed by atoms with Crippen molar-refractivity contribution in [1.82, 2.24) is 16.0 Å². The summed E-state index contributed by atoms with van der Waals surface area (Å²) in [5.41, 5.74) is 4.51. The summed E-state index contributed by atoms with van der Waals surface area (Å²) in [5.74, 6) is 0.0415. The predicted octanol–water partition coefficient (Wildman–Crippen LogP) is 6.10. The Labute approximate surface area is 292 Å². The number of amides is 3. The molecule has 0 aliphatic carbocycles. The van der Waals surface area contributed by atoms with E-state index < -0.39 is 47.6 Å². The number of hydrogen-bond donors (Lipinski definition) is 3. The minimum atomic E-state index is -0.998. The van der Waals surface area contributed by atoms with E-state index in [0.717, 1.165) is 27.8 Å². The second-order valence-corrected chi connectivity index (χ2v) is 14.6. The number of carbonyl (C=O) groups excluding carboxylic acids is 4. The van der Waals surface area contributed by atoms with Gasteiger partial charge in [-0.2, -0.15) is 23.5 Å². The van der Waals surface area contributed by atoms with Crippen molar-refractivity contribution in [3.63, 3.8) is 0 Å². The van der Waals surface area contributed by atoms with Crippen molar-refractivity contribution in [2.24, 2.45) is 0 Å². The third-order valence-corrected chi connectivity index (χ3v) is 9.14. The molecular formula is C37H47N3O6S2. The van der Waals surface area contributed by atoms with Crippen LogP contribution in [0, 0.1) is 13.8 Å². The second-order valence-electron chi connectivity index (χ2n) is 12.6. The van der Waals surface area contributed by atoms with Gasteiger partial charge in [0, 0.05) is 23.0 Å². The molecule has 0 spiro atoms. The minimum Gasteiger partial charge on any atom is -0.459 e. The Balaban J connectivity index is 1.70. The third-order valence-electron chi connectivity index (χ3n) is 6.92.